The highest BCUT2D eigenvalue weighted by Crippen LogP contribution is 2.19. The van der Waals surface area contributed by atoms with E-state index < -0.39 is 0 Å². The minimum absolute atomic E-state index is 0.108. The van der Waals surface area contributed by atoms with Gasteiger partial charge < -0.3 is 14.4 Å². The lowest BCUT2D eigenvalue weighted by atomic mass is 10.1. The van der Waals surface area contributed by atoms with Crippen molar-refractivity contribution >= 4 is 5.91 Å². The van der Waals surface area contributed by atoms with Crippen LogP contribution in [0.3, 0.4) is 0 Å². The van der Waals surface area contributed by atoms with E-state index in [1.165, 1.54) is 12.1 Å². The first kappa shape index (κ1) is 14.9. The summed E-state index contributed by atoms with van der Waals surface area (Å²) in [4.78, 5) is 14.0. The van der Waals surface area contributed by atoms with Gasteiger partial charge in [0.25, 0.3) is 5.91 Å². The summed E-state index contributed by atoms with van der Waals surface area (Å²) in [5, 5.41) is 0. The Labute approximate surface area is 118 Å². The van der Waals surface area contributed by atoms with Gasteiger partial charge in [0.05, 0.1) is 19.8 Å². The molecular weight excluding hydrogens is 261 g/mol. The summed E-state index contributed by atoms with van der Waals surface area (Å²) in [6.07, 6.45) is 0.925. The lowest BCUT2D eigenvalue weighted by molar-refractivity contribution is 0.0515. The quantitative estimate of drug-likeness (QED) is 0.748. The number of hydrogen-bond acceptors (Lipinski definition) is 3. The average molecular weight is 281 g/mol. The van der Waals surface area contributed by atoms with Gasteiger partial charge in [0, 0.05) is 31.7 Å². The molecule has 0 radical (unpaired) electrons. The maximum atomic E-state index is 13.1. The maximum absolute atomic E-state index is 13.1. The molecule has 1 heterocycles. The van der Waals surface area contributed by atoms with Crippen LogP contribution in [0.25, 0.3) is 0 Å². The topological polar surface area (TPSA) is 38.8 Å². The van der Waals surface area contributed by atoms with Crippen LogP contribution in [0.4, 0.5) is 4.39 Å². The van der Waals surface area contributed by atoms with E-state index in [2.05, 4.69) is 0 Å². The first-order valence-corrected chi connectivity index (χ1v) is 6.82. The van der Waals surface area contributed by atoms with Crippen molar-refractivity contribution in [3.05, 3.63) is 35.6 Å². The number of rotatable bonds is 6. The number of amides is 1. The second-order valence-corrected chi connectivity index (χ2v) is 4.98. The second-order valence-electron chi connectivity index (χ2n) is 4.98. The van der Waals surface area contributed by atoms with Crippen LogP contribution in [0, 0.1) is 11.7 Å². The first-order valence-electron chi connectivity index (χ1n) is 6.82. The summed E-state index contributed by atoms with van der Waals surface area (Å²) in [5.41, 5.74) is 0.408. The number of carbonyl (C=O) groups excluding carboxylic acids is 1. The van der Waals surface area contributed by atoms with Crippen molar-refractivity contribution in [2.45, 2.75) is 6.42 Å². The molecule has 1 aromatic rings. The van der Waals surface area contributed by atoms with Gasteiger partial charge in [0.15, 0.2) is 0 Å². The standard InChI is InChI=1S/C15H20FNO3/c1-19-7-8-20-11-12-5-6-17(10-12)15(18)13-3-2-4-14(16)9-13/h2-4,9,12H,5-8,10-11H2,1H3/t12-/m1/s1. The van der Waals surface area contributed by atoms with Gasteiger partial charge in [-0.1, -0.05) is 6.07 Å². The van der Waals surface area contributed by atoms with Crippen LogP contribution in [-0.4, -0.2) is 50.8 Å². The van der Waals surface area contributed by atoms with E-state index in [4.69, 9.17) is 9.47 Å². The Morgan fingerprint density at radius 1 is 1.45 bits per heavy atom. The Hall–Kier alpha value is -1.46. The molecule has 0 bridgehead atoms. The SMILES string of the molecule is COCCOC[C@@H]1CCN(C(=O)c2cccc(F)c2)C1. The van der Waals surface area contributed by atoms with Crippen molar-refractivity contribution < 1.29 is 18.7 Å². The number of ether oxygens (including phenoxy) is 2. The van der Waals surface area contributed by atoms with E-state index in [0.717, 1.165) is 6.42 Å². The molecule has 1 fully saturated rings. The van der Waals surface area contributed by atoms with Gasteiger partial charge in [-0.3, -0.25) is 4.79 Å². The Morgan fingerprint density at radius 2 is 2.30 bits per heavy atom. The fraction of sp³-hybridized carbons (Fsp3) is 0.533. The minimum atomic E-state index is -0.380. The second kappa shape index (κ2) is 7.36. The molecule has 1 aromatic carbocycles. The molecule has 0 aliphatic carbocycles. The molecular formula is C15H20FNO3. The maximum Gasteiger partial charge on any atom is 0.253 e. The number of carbonyl (C=O) groups is 1. The van der Waals surface area contributed by atoms with E-state index >= 15 is 0 Å². The summed E-state index contributed by atoms with van der Waals surface area (Å²) in [5.74, 6) is -0.136. The van der Waals surface area contributed by atoms with Crippen molar-refractivity contribution in [2.75, 3.05) is 40.0 Å². The molecule has 0 unspecified atom stereocenters. The van der Waals surface area contributed by atoms with Crippen LogP contribution in [-0.2, 0) is 9.47 Å². The molecule has 0 saturated carbocycles. The first-order chi connectivity index (χ1) is 9.70. The van der Waals surface area contributed by atoms with E-state index in [0.29, 0.717) is 44.4 Å². The third-order valence-corrected chi connectivity index (χ3v) is 3.43. The van der Waals surface area contributed by atoms with Gasteiger partial charge >= 0.3 is 0 Å². The van der Waals surface area contributed by atoms with Crippen molar-refractivity contribution in [3.8, 4) is 0 Å². The summed E-state index contributed by atoms with van der Waals surface area (Å²) in [6.45, 7) is 3.16. The molecule has 1 amide bonds. The van der Waals surface area contributed by atoms with Crippen LogP contribution in [0.1, 0.15) is 16.8 Å². The lowest BCUT2D eigenvalue weighted by Crippen LogP contribution is -2.29. The molecule has 1 atom stereocenters. The Balaban J connectivity index is 1.81. The van der Waals surface area contributed by atoms with Gasteiger partial charge in [-0.15, -0.1) is 0 Å². The van der Waals surface area contributed by atoms with Crippen molar-refractivity contribution in [1.82, 2.24) is 4.90 Å². The van der Waals surface area contributed by atoms with E-state index in [1.807, 2.05) is 0 Å². The van der Waals surface area contributed by atoms with E-state index in [-0.39, 0.29) is 11.7 Å². The zero-order valence-corrected chi connectivity index (χ0v) is 11.7. The van der Waals surface area contributed by atoms with E-state index in [1.54, 1.807) is 24.1 Å². The fourth-order valence-electron chi connectivity index (χ4n) is 2.35. The van der Waals surface area contributed by atoms with Crippen molar-refractivity contribution in [2.24, 2.45) is 5.92 Å². The minimum Gasteiger partial charge on any atom is -0.382 e. The largest absolute Gasteiger partial charge is 0.382 e. The predicted molar refractivity (Wildman–Crippen MR) is 73.1 cm³/mol. The third kappa shape index (κ3) is 4.02. The highest BCUT2D eigenvalue weighted by molar-refractivity contribution is 5.94. The predicted octanol–water partition coefficient (Wildman–Crippen LogP) is 1.95. The summed E-state index contributed by atoms with van der Waals surface area (Å²) >= 11 is 0. The highest BCUT2D eigenvalue weighted by atomic mass is 19.1. The Morgan fingerprint density at radius 3 is 3.05 bits per heavy atom. The Kier molecular flexibility index (Phi) is 5.49. The molecule has 0 N–H and O–H groups in total. The summed E-state index contributed by atoms with van der Waals surface area (Å²) in [7, 11) is 1.64. The molecule has 1 saturated heterocycles. The normalized spacial score (nSPS) is 18.5. The van der Waals surface area contributed by atoms with E-state index in [9.17, 15) is 9.18 Å². The number of nitrogens with zero attached hydrogens (tertiary/aromatic N) is 1. The number of halogens is 1. The van der Waals surface area contributed by atoms with Gasteiger partial charge in [-0.05, 0) is 24.6 Å². The van der Waals surface area contributed by atoms with Crippen molar-refractivity contribution in [3.63, 3.8) is 0 Å². The molecule has 1 aliphatic rings. The molecule has 110 valence electrons. The molecule has 1 aliphatic heterocycles. The number of methoxy groups -OCH3 is 1. The molecule has 2 rings (SSSR count). The zero-order chi connectivity index (χ0) is 14.4. The molecule has 0 spiro atoms. The van der Waals surface area contributed by atoms with Crippen LogP contribution in [0.15, 0.2) is 24.3 Å². The fourth-order valence-corrected chi connectivity index (χ4v) is 2.35. The molecule has 20 heavy (non-hydrogen) atoms. The third-order valence-electron chi connectivity index (χ3n) is 3.43. The molecule has 0 aromatic heterocycles. The summed E-state index contributed by atoms with van der Waals surface area (Å²) in [6, 6.07) is 5.83. The van der Waals surface area contributed by atoms with Gasteiger partial charge in [0.1, 0.15) is 5.82 Å². The van der Waals surface area contributed by atoms with Crippen molar-refractivity contribution in [1.29, 1.82) is 0 Å². The Bertz CT molecular complexity index is 452. The van der Waals surface area contributed by atoms with Gasteiger partial charge in [-0.2, -0.15) is 0 Å². The monoisotopic (exact) mass is 281 g/mol. The zero-order valence-electron chi connectivity index (χ0n) is 11.7. The van der Waals surface area contributed by atoms with Crippen LogP contribution >= 0.6 is 0 Å². The average Bonchev–Trinajstić information content (AvgIpc) is 2.91. The smallest absolute Gasteiger partial charge is 0.253 e. The van der Waals surface area contributed by atoms with Crippen LogP contribution in [0.5, 0.6) is 0 Å². The van der Waals surface area contributed by atoms with Gasteiger partial charge in [0.2, 0.25) is 0 Å². The molecule has 5 heteroatoms. The number of likely N-dealkylation sites (tertiary alicyclic amines) is 1. The van der Waals surface area contributed by atoms with Crippen LogP contribution in [0.2, 0.25) is 0 Å². The van der Waals surface area contributed by atoms with Crippen LogP contribution < -0.4 is 0 Å². The number of hydrogen-bond donors (Lipinski definition) is 0. The lowest BCUT2D eigenvalue weighted by Gasteiger charge is -2.16. The van der Waals surface area contributed by atoms with Gasteiger partial charge in [-0.25, -0.2) is 4.39 Å². The molecule has 4 nitrogen and oxygen atoms in total. The summed E-state index contributed by atoms with van der Waals surface area (Å²) < 4.78 is 23.5. The highest BCUT2D eigenvalue weighted by Gasteiger charge is 2.27. The number of benzene rings is 1.